The van der Waals surface area contributed by atoms with Crippen LogP contribution in [0.5, 0.6) is 0 Å². The third kappa shape index (κ3) is 5.43. The molecule has 2 heterocycles. The van der Waals surface area contributed by atoms with Gasteiger partial charge in [0.1, 0.15) is 6.42 Å². The third-order valence-electron chi connectivity index (χ3n) is 7.46. The number of hydrogen-bond donors (Lipinski definition) is 2. The second-order valence-electron chi connectivity index (χ2n) is 9.83. The van der Waals surface area contributed by atoms with Crippen molar-refractivity contribution in [3.63, 3.8) is 0 Å². The highest BCUT2D eigenvalue weighted by Crippen LogP contribution is 2.39. The zero-order chi connectivity index (χ0) is 29.1. The standard InChI is InChI=1S/C32H32N4O5/c1-4-35(5-2)27(37)19-28(38)36-16-15-21-17-23(12-14-26(21)36)33-30(20-9-7-6-8-10-20)29-24-13-11-22(32(40)41-3)18-25(24)34-31(29)39/h6-14,17-18,33H,4-5,15-16,19H2,1-3H3,(H,34,39)/b30-29-. The van der Waals surface area contributed by atoms with E-state index in [1.54, 1.807) is 28.0 Å². The van der Waals surface area contributed by atoms with E-state index in [4.69, 9.17) is 4.74 Å². The molecule has 0 saturated carbocycles. The van der Waals surface area contributed by atoms with Crippen LogP contribution >= 0.6 is 0 Å². The van der Waals surface area contributed by atoms with E-state index in [1.165, 1.54) is 7.11 Å². The summed E-state index contributed by atoms with van der Waals surface area (Å²) in [4.78, 5) is 54.2. The molecule has 3 aromatic rings. The molecule has 9 nitrogen and oxygen atoms in total. The van der Waals surface area contributed by atoms with Crippen LogP contribution in [0.15, 0.2) is 66.7 Å². The molecular weight excluding hydrogens is 520 g/mol. The molecule has 0 aliphatic carbocycles. The van der Waals surface area contributed by atoms with Gasteiger partial charge in [-0.1, -0.05) is 36.4 Å². The summed E-state index contributed by atoms with van der Waals surface area (Å²) in [7, 11) is 1.31. The Morgan fingerprint density at radius 1 is 0.976 bits per heavy atom. The van der Waals surface area contributed by atoms with Crippen molar-refractivity contribution in [2.24, 2.45) is 0 Å². The largest absolute Gasteiger partial charge is 0.465 e. The maximum absolute atomic E-state index is 13.3. The Kier molecular flexibility index (Phi) is 7.87. The minimum Gasteiger partial charge on any atom is -0.465 e. The molecule has 210 valence electrons. The number of esters is 1. The number of hydrogen-bond acceptors (Lipinski definition) is 6. The quantitative estimate of drug-likeness (QED) is 0.241. The van der Waals surface area contributed by atoms with Gasteiger partial charge in [0.25, 0.3) is 5.91 Å². The maximum atomic E-state index is 13.3. The number of nitrogens with one attached hydrogen (secondary N) is 2. The monoisotopic (exact) mass is 552 g/mol. The first-order valence-electron chi connectivity index (χ1n) is 13.7. The Balaban J connectivity index is 1.46. The molecule has 0 aromatic heterocycles. The van der Waals surface area contributed by atoms with Crippen molar-refractivity contribution < 1.29 is 23.9 Å². The number of methoxy groups -OCH3 is 1. The molecule has 0 saturated heterocycles. The number of anilines is 3. The molecule has 2 aliphatic heterocycles. The highest BCUT2D eigenvalue weighted by Gasteiger charge is 2.31. The van der Waals surface area contributed by atoms with Gasteiger partial charge in [-0.3, -0.25) is 14.4 Å². The summed E-state index contributed by atoms with van der Waals surface area (Å²) in [6.45, 7) is 5.45. The van der Waals surface area contributed by atoms with E-state index in [-0.39, 0.29) is 24.1 Å². The average molecular weight is 553 g/mol. The van der Waals surface area contributed by atoms with Crippen molar-refractivity contribution in [2.75, 3.05) is 42.3 Å². The predicted octanol–water partition coefficient (Wildman–Crippen LogP) is 4.55. The summed E-state index contributed by atoms with van der Waals surface area (Å²) >= 11 is 0. The van der Waals surface area contributed by atoms with Gasteiger partial charge in [-0.05, 0) is 61.7 Å². The summed E-state index contributed by atoms with van der Waals surface area (Å²) in [5, 5.41) is 6.33. The van der Waals surface area contributed by atoms with Gasteiger partial charge in [0.05, 0.1) is 29.6 Å². The number of benzene rings is 3. The van der Waals surface area contributed by atoms with Crippen molar-refractivity contribution in [1.82, 2.24) is 4.90 Å². The summed E-state index contributed by atoms with van der Waals surface area (Å²) in [5.41, 5.74) is 5.97. The Bertz CT molecular complexity index is 1560. The molecule has 3 amide bonds. The second kappa shape index (κ2) is 11.7. The zero-order valence-corrected chi connectivity index (χ0v) is 23.3. The Hall–Kier alpha value is -4.92. The summed E-state index contributed by atoms with van der Waals surface area (Å²) < 4.78 is 4.82. The average Bonchev–Trinajstić information content (AvgIpc) is 3.56. The van der Waals surface area contributed by atoms with Crippen LogP contribution in [0, 0.1) is 0 Å². The molecule has 41 heavy (non-hydrogen) atoms. The van der Waals surface area contributed by atoms with Crippen LogP contribution < -0.4 is 15.5 Å². The molecular formula is C32H32N4O5. The molecule has 0 atom stereocenters. The highest BCUT2D eigenvalue weighted by molar-refractivity contribution is 6.37. The Labute approximate surface area is 238 Å². The van der Waals surface area contributed by atoms with Gasteiger partial charge >= 0.3 is 5.97 Å². The number of ether oxygens (including phenoxy) is 1. The first-order chi connectivity index (χ1) is 19.8. The number of nitrogens with zero attached hydrogens (tertiary/aromatic N) is 2. The number of carbonyl (C=O) groups is 4. The molecule has 0 spiro atoms. The van der Waals surface area contributed by atoms with Crippen LogP contribution in [0.25, 0.3) is 11.3 Å². The summed E-state index contributed by atoms with van der Waals surface area (Å²) in [6, 6.07) is 20.3. The van der Waals surface area contributed by atoms with Crippen LogP contribution in [0.1, 0.15) is 47.3 Å². The van der Waals surface area contributed by atoms with Crippen molar-refractivity contribution >= 4 is 52.0 Å². The SMILES string of the molecule is CCN(CC)C(=O)CC(=O)N1CCc2cc(N/C(=C3\C(=O)Nc4cc(C(=O)OC)ccc43)c3ccccc3)ccc21. The number of amides is 3. The van der Waals surface area contributed by atoms with E-state index in [2.05, 4.69) is 10.6 Å². The Morgan fingerprint density at radius 3 is 2.44 bits per heavy atom. The molecule has 0 radical (unpaired) electrons. The van der Waals surface area contributed by atoms with E-state index in [9.17, 15) is 19.2 Å². The number of rotatable bonds is 8. The van der Waals surface area contributed by atoms with Crippen molar-refractivity contribution in [3.8, 4) is 0 Å². The van der Waals surface area contributed by atoms with Gasteiger partial charge < -0.3 is 25.2 Å². The van der Waals surface area contributed by atoms with E-state index in [0.717, 1.165) is 22.5 Å². The highest BCUT2D eigenvalue weighted by atomic mass is 16.5. The minimum atomic E-state index is -0.482. The fraction of sp³-hybridized carbons (Fsp3) is 0.250. The van der Waals surface area contributed by atoms with Gasteiger partial charge in [0.15, 0.2) is 0 Å². The van der Waals surface area contributed by atoms with E-state index in [0.29, 0.717) is 54.1 Å². The van der Waals surface area contributed by atoms with Gasteiger partial charge in [-0.25, -0.2) is 4.79 Å². The maximum Gasteiger partial charge on any atom is 0.337 e. The first kappa shape index (κ1) is 27.6. The molecule has 5 rings (SSSR count). The lowest BCUT2D eigenvalue weighted by molar-refractivity contribution is -0.135. The van der Waals surface area contributed by atoms with Crippen molar-refractivity contribution in [1.29, 1.82) is 0 Å². The predicted molar refractivity (Wildman–Crippen MR) is 158 cm³/mol. The molecule has 0 unspecified atom stereocenters. The van der Waals surface area contributed by atoms with Crippen molar-refractivity contribution in [2.45, 2.75) is 26.7 Å². The lowest BCUT2D eigenvalue weighted by Gasteiger charge is -2.22. The Morgan fingerprint density at radius 2 is 1.73 bits per heavy atom. The molecule has 2 aliphatic rings. The van der Waals surface area contributed by atoms with Crippen LogP contribution in [0.3, 0.4) is 0 Å². The first-order valence-corrected chi connectivity index (χ1v) is 13.7. The van der Waals surface area contributed by atoms with E-state index in [1.807, 2.05) is 62.4 Å². The van der Waals surface area contributed by atoms with Gasteiger partial charge in [-0.15, -0.1) is 0 Å². The fourth-order valence-electron chi connectivity index (χ4n) is 5.35. The van der Waals surface area contributed by atoms with Crippen molar-refractivity contribution in [3.05, 3.63) is 89.0 Å². The summed E-state index contributed by atoms with van der Waals surface area (Å²) in [6.07, 6.45) is 0.504. The second-order valence-corrected chi connectivity index (χ2v) is 9.83. The third-order valence-corrected chi connectivity index (χ3v) is 7.46. The van der Waals surface area contributed by atoms with E-state index >= 15 is 0 Å². The normalized spacial score (nSPS) is 14.6. The number of fused-ring (bicyclic) bond motifs is 2. The van der Waals surface area contributed by atoms with Crippen LogP contribution in [-0.2, 0) is 25.5 Å². The lowest BCUT2D eigenvalue weighted by atomic mass is 9.99. The molecule has 9 heteroatoms. The fourth-order valence-corrected chi connectivity index (χ4v) is 5.35. The van der Waals surface area contributed by atoms with E-state index < -0.39 is 5.97 Å². The summed E-state index contributed by atoms with van der Waals surface area (Å²) in [5.74, 6) is -1.15. The molecule has 3 aromatic carbocycles. The minimum absolute atomic E-state index is 0.155. The number of carbonyl (C=O) groups excluding carboxylic acids is 4. The smallest absolute Gasteiger partial charge is 0.337 e. The van der Waals surface area contributed by atoms with Crippen LogP contribution in [0.2, 0.25) is 0 Å². The molecule has 0 bridgehead atoms. The molecule has 0 fully saturated rings. The van der Waals surface area contributed by atoms with Gasteiger partial charge in [-0.2, -0.15) is 0 Å². The lowest BCUT2D eigenvalue weighted by Crippen LogP contribution is -2.37. The van der Waals surface area contributed by atoms with Crippen LogP contribution in [-0.4, -0.2) is 55.3 Å². The topological polar surface area (TPSA) is 108 Å². The zero-order valence-electron chi connectivity index (χ0n) is 23.3. The molecule has 2 N–H and O–H groups in total. The van der Waals surface area contributed by atoms with Gasteiger partial charge in [0.2, 0.25) is 11.8 Å². The van der Waals surface area contributed by atoms with Gasteiger partial charge in [0, 0.05) is 36.6 Å². The van der Waals surface area contributed by atoms with Crippen LogP contribution in [0.4, 0.5) is 17.1 Å².